The number of nitrogens with one attached hydrogen (secondary N) is 1. The van der Waals surface area contributed by atoms with Crippen molar-refractivity contribution >= 4 is 0 Å². The lowest BCUT2D eigenvalue weighted by Gasteiger charge is -2.34. The van der Waals surface area contributed by atoms with E-state index in [-0.39, 0.29) is 0 Å². The third-order valence-electron chi connectivity index (χ3n) is 3.57. The van der Waals surface area contributed by atoms with Gasteiger partial charge in [-0.15, -0.1) is 0 Å². The molecular formula is C13H19N3. The Morgan fingerprint density at radius 1 is 1.50 bits per heavy atom. The fraction of sp³-hybridized carbons (Fsp3) is 0.615. The van der Waals surface area contributed by atoms with E-state index < -0.39 is 0 Å². The van der Waals surface area contributed by atoms with Crippen molar-refractivity contribution in [3.63, 3.8) is 0 Å². The van der Waals surface area contributed by atoms with Gasteiger partial charge in [-0.05, 0) is 30.9 Å². The van der Waals surface area contributed by atoms with Crippen molar-refractivity contribution in [2.75, 3.05) is 19.6 Å². The summed E-state index contributed by atoms with van der Waals surface area (Å²) in [6, 6.07) is 2.18. The fourth-order valence-corrected chi connectivity index (χ4v) is 2.41. The molecule has 0 spiro atoms. The summed E-state index contributed by atoms with van der Waals surface area (Å²) in [5, 5.41) is 11.9. The molecule has 2 heterocycles. The predicted octanol–water partition coefficient (Wildman–Crippen LogP) is 2.00. The van der Waals surface area contributed by atoms with Gasteiger partial charge in [-0.1, -0.05) is 13.3 Å². The van der Waals surface area contributed by atoms with Crippen LogP contribution in [0.5, 0.6) is 0 Å². The van der Waals surface area contributed by atoms with E-state index in [2.05, 4.69) is 29.3 Å². The molecule has 86 valence electrons. The highest BCUT2D eigenvalue weighted by molar-refractivity contribution is 5.33. The molecule has 1 fully saturated rings. The van der Waals surface area contributed by atoms with Crippen LogP contribution in [0.15, 0.2) is 23.5 Å². The Labute approximate surface area is 97.4 Å². The molecule has 16 heavy (non-hydrogen) atoms. The van der Waals surface area contributed by atoms with E-state index in [0.717, 1.165) is 25.6 Å². The second-order valence-corrected chi connectivity index (χ2v) is 4.52. The highest BCUT2D eigenvalue weighted by atomic mass is 15.1. The summed E-state index contributed by atoms with van der Waals surface area (Å²) in [4.78, 5) is 2.41. The number of likely N-dealkylation sites (tertiary alicyclic amines) is 1. The Kier molecular flexibility index (Phi) is 3.51. The van der Waals surface area contributed by atoms with E-state index in [1.54, 1.807) is 0 Å². The summed E-state index contributed by atoms with van der Waals surface area (Å²) in [7, 11) is 0. The number of hydrogen-bond acceptors (Lipinski definition) is 3. The van der Waals surface area contributed by atoms with Crippen molar-refractivity contribution < 1.29 is 0 Å². The van der Waals surface area contributed by atoms with E-state index in [9.17, 15) is 0 Å². The molecule has 0 amide bonds. The molecular weight excluding hydrogens is 198 g/mol. The lowest BCUT2D eigenvalue weighted by molar-refractivity contribution is 0.227. The maximum absolute atomic E-state index is 8.86. The predicted molar refractivity (Wildman–Crippen MR) is 64.4 cm³/mol. The van der Waals surface area contributed by atoms with Crippen LogP contribution in [0, 0.1) is 17.2 Å². The largest absolute Gasteiger partial charge is 0.373 e. The minimum atomic E-state index is 0.690. The number of dihydropyridines is 1. The molecule has 2 aliphatic heterocycles. The highest BCUT2D eigenvalue weighted by Gasteiger charge is 2.19. The average Bonchev–Trinajstić information content (AvgIpc) is 2.39. The second kappa shape index (κ2) is 5.07. The molecule has 0 aromatic heterocycles. The summed E-state index contributed by atoms with van der Waals surface area (Å²) in [6.45, 7) is 5.33. The van der Waals surface area contributed by atoms with E-state index in [4.69, 9.17) is 5.26 Å². The molecule has 0 aliphatic carbocycles. The van der Waals surface area contributed by atoms with Gasteiger partial charge in [-0.2, -0.15) is 5.26 Å². The molecule has 2 rings (SSSR count). The van der Waals surface area contributed by atoms with Crippen molar-refractivity contribution in [1.82, 2.24) is 10.2 Å². The van der Waals surface area contributed by atoms with Gasteiger partial charge in [0.1, 0.15) is 11.8 Å². The number of allylic oxidation sites excluding steroid dienone is 2. The number of nitrogens with zero attached hydrogens (tertiary/aromatic N) is 2. The molecule has 2 aliphatic rings. The topological polar surface area (TPSA) is 39.1 Å². The first-order valence-corrected chi connectivity index (χ1v) is 6.14. The normalized spacial score (nSPS) is 21.9. The zero-order chi connectivity index (χ0) is 11.4. The summed E-state index contributed by atoms with van der Waals surface area (Å²) in [6.07, 6.45) is 8.02. The van der Waals surface area contributed by atoms with Crippen LogP contribution in [-0.4, -0.2) is 24.5 Å². The number of hydrogen-bond donors (Lipinski definition) is 1. The summed E-state index contributed by atoms with van der Waals surface area (Å²) >= 11 is 0. The van der Waals surface area contributed by atoms with E-state index in [1.165, 1.54) is 25.0 Å². The molecule has 0 unspecified atom stereocenters. The second-order valence-electron chi connectivity index (χ2n) is 4.52. The van der Waals surface area contributed by atoms with Gasteiger partial charge in [0.05, 0.1) is 0 Å². The van der Waals surface area contributed by atoms with Gasteiger partial charge in [0, 0.05) is 25.3 Å². The van der Waals surface area contributed by atoms with Crippen LogP contribution in [0.1, 0.15) is 26.2 Å². The zero-order valence-corrected chi connectivity index (χ0v) is 9.87. The van der Waals surface area contributed by atoms with Gasteiger partial charge in [0.2, 0.25) is 0 Å². The minimum absolute atomic E-state index is 0.690. The minimum Gasteiger partial charge on any atom is -0.373 e. The lowest BCUT2D eigenvalue weighted by Crippen LogP contribution is -2.34. The summed E-state index contributed by atoms with van der Waals surface area (Å²) in [5.74, 6) is 0.901. The highest BCUT2D eigenvalue weighted by Crippen LogP contribution is 2.24. The van der Waals surface area contributed by atoms with E-state index in [1.807, 2.05) is 6.08 Å². The fourth-order valence-electron chi connectivity index (χ4n) is 2.41. The third kappa shape index (κ3) is 2.38. The SMILES string of the molecule is CCC1CCN(C2=CCNC(C#N)=C2)CC1. The molecule has 0 saturated carbocycles. The first-order valence-electron chi connectivity index (χ1n) is 6.14. The van der Waals surface area contributed by atoms with Crippen LogP contribution < -0.4 is 5.32 Å². The van der Waals surface area contributed by atoms with Gasteiger partial charge < -0.3 is 10.2 Å². The maximum Gasteiger partial charge on any atom is 0.117 e. The molecule has 0 bridgehead atoms. The standard InChI is InChI=1S/C13H19N3/c1-2-11-4-7-16(8-5-11)13-3-6-15-12(9-13)10-14/h3,9,11,15H,2,4-8H2,1H3. The Morgan fingerprint density at radius 2 is 2.25 bits per heavy atom. The maximum atomic E-state index is 8.86. The number of piperidine rings is 1. The molecule has 3 heteroatoms. The number of rotatable bonds is 2. The Hall–Kier alpha value is -1.43. The molecule has 0 atom stereocenters. The van der Waals surface area contributed by atoms with Gasteiger partial charge in [0.15, 0.2) is 0 Å². The van der Waals surface area contributed by atoms with Crippen LogP contribution in [0.2, 0.25) is 0 Å². The van der Waals surface area contributed by atoms with Crippen LogP contribution in [-0.2, 0) is 0 Å². The van der Waals surface area contributed by atoms with Crippen molar-refractivity contribution in [2.24, 2.45) is 5.92 Å². The Bertz CT molecular complexity index is 341. The van der Waals surface area contributed by atoms with Crippen molar-refractivity contribution in [3.8, 4) is 6.07 Å². The summed E-state index contributed by atoms with van der Waals surface area (Å²) in [5.41, 5.74) is 1.92. The first kappa shape index (κ1) is 11.1. The molecule has 0 aromatic rings. The van der Waals surface area contributed by atoms with E-state index >= 15 is 0 Å². The Morgan fingerprint density at radius 3 is 2.88 bits per heavy atom. The van der Waals surface area contributed by atoms with Crippen molar-refractivity contribution in [3.05, 3.63) is 23.5 Å². The van der Waals surface area contributed by atoms with Gasteiger partial charge >= 0.3 is 0 Å². The molecule has 1 N–H and O–H groups in total. The van der Waals surface area contributed by atoms with Gasteiger partial charge in [-0.25, -0.2) is 0 Å². The van der Waals surface area contributed by atoms with Crippen LogP contribution in [0.4, 0.5) is 0 Å². The summed E-state index contributed by atoms with van der Waals surface area (Å²) < 4.78 is 0. The smallest absolute Gasteiger partial charge is 0.117 e. The van der Waals surface area contributed by atoms with Gasteiger partial charge in [0.25, 0.3) is 0 Å². The van der Waals surface area contributed by atoms with Gasteiger partial charge in [-0.3, -0.25) is 0 Å². The quantitative estimate of drug-likeness (QED) is 0.769. The van der Waals surface area contributed by atoms with Crippen molar-refractivity contribution in [2.45, 2.75) is 26.2 Å². The number of nitriles is 1. The van der Waals surface area contributed by atoms with E-state index in [0.29, 0.717) is 5.70 Å². The van der Waals surface area contributed by atoms with Crippen LogP contribution in [0.3, 0.4) is 0 Å². The van der Waals surface area contributed by atoms with Crippen molar-refractivity contribution in [1.29, 1.82) is 5.26 Å². The zero-order valence-electron chi connectivity index (χ0n) is 9.87. The first-order chi connectivity index (χ1) is 7.83. The molecule has 0 aromatic carbocycles. The van der Waals surface area contributed by atoms with Crippen LogP contribution >= 0.6 is 0 Å². The molecule has 1 saturated heterocycles. The lowest BCUT2D eigenvalue weighted by atomic mass is 9.94. The average molecular weight is 217 g/mol. The monoisotopic (exact) mass is 217 g/mol. The third-order valence-corrected chi connectivity index (χ3v) is 3.57. The van der Waals surface area contributed by atoms with Crippen LogP contribution in [0.25, 0.3) is 0 Å². The molecule has 3 nitrogen and oxygen atoms in total. The molecule has 0 radical (unpaired) electrons. The Balaban J connectivity index is 1.97.